The Labute approximate surface area is 430 Å². The van der Waals surface area contributed by atoms with Crippen LogP contribution in [0.2, 0.25) is 0 Å². The summed E-state index contributed by atoms with van der Waals surface area (Å²) in [5, 5.41) is 24.2. The summed E-state index contributed by atoms with van der Waals surface area (Å²) in [6, 6.07) is 2.90. The van der Waals surface area contributed by atoms with Gasteiger partial charge in [0.25, 0.3) is 0 Å². The van der Waals surface area contributed by atoms with Crippen LogP contribution in [-0.2, 0) is 68.4 Å². The number of amides is 8. The van der Waals surface area contributed by atoms with Gasteiger partial charge in [-0.05, 0) is 36.5 Å². The lowest BCUT2D eigenvalue weighted by Gasteiger charge is -2.25. The third-order valence-corrected chi connectivity index (χ3v) is 10.1. The lowest BCUT2D eigenvalue weighted by Crippen LogP contribution is -2.54. The summed E-state index contributed by atoms with van der Waals surface area (Å²) in [5.74, 6) is -4.36. The molecule has 0 aromatic heterocycles. The number of benzene rings is 1. The number of nitrogens with two attached hydrogens (primary N) is 1. The molecule has 0 unspecified atom stereocenters. The third kappa shape index (κ3) is 34.6. The molecule has 0 aliphatic heterocycles. The van der Waals surface area contributed by atoms with E-state index in [0.29, 0.717) is 102 Å². The molecule has 1 aromatic rings. The van der Waals surface area contributed by atoms with E-state index >= 15 is 0 Å². The predicted molar refractivity (Wildman–Crippen MR) is 261 cm³/mol. The maximum absolute atomic E-state index is 13.5. The van der Waals surface area contributed by atoms with Gasteiger partial charge in [0, 0.05) is 44.8 Å². The molecule has 0 saturated carbocycles. The van der Waals surface area contributed by atoms with Crippen LogP contribution in [0.15, 0.2) is 24.3 Å². The van der Waals surface area contributed by atoms with Crippen LogP contribution in [0.3, 0.4) is 0 Å². The minimum Gasteiger partial charge on any atom is -0.465 e. The van der Waals surface area contributed by atoms with Gasteiger partial charge >= 0.3 is 24.2 Å². The highest BCUT2D eigenvalue weighted by Crippen LogP contribution is 2.15. The first-order valence-electron chi connectivity index (χ1n) is 23.2. The van der Waals surface area contributed by atoms with Crippen molar-refractivity contribution in [3.8, 4) is 0 Å². The quantitative estimate of drug-likeness (QED) is 0.0256. The average Bonchev–Trinajstić information content (AvgIpc) is 3.33. The number of urea groups is 1. The molecule has 0 spiro atoms. The van der Waals surface area contributed by atoms with Gasteiger partial charge in [0.15, 0.2) is 0 Å². The first-order chi connectivity index (χ1) is 34.4. The van der Waals surface area contributed by atoms with E-state index in [1.54, 1.807) is 19.2 Å². The highest BCUT2D eigenvalue weighted by atomic mass is 127. The van der Waals surface area contributed by atoms with Crippen molar-refractivity contribution in [2.75, 3.05) is 142 Å². The van der Waals surface area contributed by atoms with E-state index in [9.17, 15) is 51.8 Å². The standard InChI is InChI=1S/C44H72F3IN8O16/c1-32(2)38(55-36(57)9-14-65-16-18-67-20-22-69-24-26-71-28-29-72-27-25-70-23-21-68-19-17-66-15-12-50-37(58)30-48)40(60)54-35(4-3-10-52-42(49)62)39(59)53-34-7-5-33(6-8-34)31-56(43(63)64)13-11-51-41(61)44(45,46)47/h5-8,32,35,38H,3-4,9-31H2,1-2H3,(H,50,58)(H,51,61)(H,53,59)(H,54,60)(H,55,57)(H,63,64)(H3,49,52,62)/t35-,38-/m0/s1. The maximum Gasteiger partial charge on any atom is 0.471 e. The Bertz CT molecular complexity index is 1710. The molecule has 0 aliphatic carbocycles. The van der Waals surface area contributed by atoms with Crippen LogP contribution in [0.25, 0.3) is 0 Å². The fraction of sp³-hybridized carbons (Fsp3) is 0.705. The van der Waals surface area contributed by atoms with E-state index < -0.39 is 73.0 Å². The van der Waals surface area contributed by atoms with E-state index in [1.807, 2.05) is 22.6 Å². The maximum atomic E-state index is 13.5. The molecular weight excluding hydrogens is 1080 g/mol. The molecule has 0 bridgehead atoms. The Morgan fingerprint density at radius 2 is 1.12 bits per heavy atom. The molecule has 9 N–H and O–H groups in total. The number of hydrogen-bond acceptors (Lipinski definition) is 15. The summed E-state index contributed by atoms with van der Waals surface area (Å²) in [6.45, 7) is 8.56. The number of anilines is 1. The molecule has 1 rings (SSSR count). The molecule has 0 saturated heterocycles. The van der Waals surface area contributed by atoms with E-state index in [2.05, 4.69) is 26.6 Å². The Balaban J connectivity index is 2.31. The molecule has 8 amide bonds. The summed E-state index contributed by atoms with van der Waals surface area (Å²) >= 11 is 1.99. The number of nitrogens with zero attached hydrogens (tertiary/aromatic N) is 1. The van der Waals surface area contributed by atoms with Gasteiger partial charge in [-0.1, -0.05) is 48.6 Å². The second-order valence-electron chi connectivity index (χ2n) is 15.6. The predicted octanol–water partition coefficient (Wildman–Crippen LogP) is 0.932. The highest BCUT2D eigenvalue weighted by molar-refractivity contribution is 14.1. The van der Waals surface area contributed by atoms with Crippen LogP contribution >= 0.6 is 22.6 Å². The van der Waals surface area contributed by atoms with E-state index in [4.69, 9.17) is 43.6 Å². The average molecular weight is 1150 g/mol. The molecule has 24 nitrogen and oxygen atoms in total. The zero-order chi connectivity index (χ0) is 53.4. The smallest absolute Gasteiger partial charge is 0.465 e. The van der Waals surface area contributed by atoms with Crippen LogP contribution in [0.5, 0.6) is 0 Å². The normalized spacial score (nSPS) is 12.2. The zero-order valence-corrected chi connectivity index (χ0v) is 43.0. The zero-order valence-electron chi connectivity index (χ0n) is 40.8. The molecule has 28 heteroatoms. The number of hydrogen-bond donors (Lipinski definition) is 8. The summed E-state index contributed by atoms with van der Waals surface area (Å²) in [6.07, 6.45) is -6.33. The van der Waals surface area contributed by atoms with Gasteiger partial charge in [-0.25, -0.2) is 9.59 Å². The largest absolute Gasteiger partial charge is 0.471 e. The van der Waals surface area contributed by atoms with Gasteiger partial charge in [0.1, 0.15) is 12.1 Å². The monoisotopic (exact) mass is 1150 g/mol. The first kappa shape index (κ1) is 65.3. The minimum atomic E-state index is -5.11. The van der Waals surface area contributed by atoms with Crippen LogP contribution in [0.1, 0.15) is 38.7 Å². The van der Waals surface area contributed by atoms with E-state index in [0.717, 1.165) is 4.90 Å². The molecule has 2 atom stereocenters. The summed E-state index contributed by atoms with van der Waals surface area (Å²) in [5.41, 5.74) is 5.82. The summed E-state index contributed by atoms with van der Waals surface area (Å²) in [7, 11) is 0. The van der Waals surface area contributed by atoms with Gasteiger partial charge in [-0.2, -0.15) is 13.2 Å². The Morgan fingerprint density at radius 1 is 0.639 bits per heavy atom. The fourth-order valence-corrected chi connectivity index (χ4v) is 6.00. The van der Waals surface area contributed by atoms with Gasteiger partial charge in [0.05, 0.1) is 110 Å². The lowest BCUT2D eigenvalue weighted by atomic mass is 10.0. The Morgan fingerprint density at radius 3 is 1.57 bits per heavy atom. The Hall–Kier alpha value is -4.69. The molecule has 1 aromatic carbocycles. The van der Waals surface area contributed by atoms with Crippen molar-refractivity contribution in [2.45, 2.75) is 57.9 Å². The molecule has 0 aliphatic rings. The van der Waals surface area contributed by atoms with Crippen LogP contribution in [0.4, 0.5) is 28.4 Å². The fourth-order valence-electron chi connectivity index (χ4n) is 5.74. The SMILES string of the molecule is CC(C)[C@H](NC(=O)CCOCCOCCOCCOCCOCCOCCOCCOCCNC(=O)CI)C(=O)N[C@@H](CCCNC(N)=O)C(=O)Nc1ccc(CN(CCNC(=O)C(F)(F)F)C(=O)O)cc1. The second kappa shape index (κ2) is 40.8. The lowest BCUT2D eigenvalue weighted by molar-refractivity contribution is -0.173. The van der Waals surface area contributed by atoms with Crippen LogP contribution in [-0.4, -0.2) is 206 Å². The van der Waals surface area contributed by atoms with Crippen LogP contribution < -0.4 is 37.6 Å². The first-order valence-corrected chi connectivity index (χ1v) is 24.8. The van der Waals surface area contributed by atoms with Crippen molar-refractivity contribution < 1.29 is 89.7 Å². The van der Waals surface area contributed by atoms with Crippen molar-refractivity contribution in [1.82, 2.24) is 31.5 Å². The third-order valence-electron chi connectivity index (χ3n) is 9.43. The van der Waals surface area contributed by atoms with E-state index in [-0.39, 0.29) is 63.8 Å². The topological polar surface area (TPSA) is 315 Å². The number of carbonyl (C=O) groups is 7. The van der Waals surface area contributed by atoms with Crippen molar-refractivity contribution in [3.05, 3.63) is 29.8 Å². The molecule has 72 heavy (non-hydrogen) atoms. The number of carbonyl (C=O) groups excluding carboxylic acids is 6. The minimum absolute atomic E-state index is 0.0190. The van der Waals surface area contributed by atoms with Gasteiger partial charge < -0.3 is 85.5 Å². The molecule has 0 radical (unpaired) electrons. The number of halogens is 4. The summed E-state index contributed by atoms with van der Waals surface area (Å²) in [4.78, 5) is 85.6. The second-order valence-corrected chi connectivity index (χ2v) is 16.3. The molecule has 0 fully saturated rings. The molecular formula is C44H72F3IN8O16. The number of carboxylic acid groups (broad SMARTS) is 1. The van der Waals surface area contributed by atoms with Gasteiger partial charge in [0.2, 0.25) is 23.6 Å². The number of rotatable bonds is 43. The molecule has 412 valence electrons. The highest BCUT2D eigenvalue weighted by Gasteiger charge is 2.38. The number of ether oxygens (including phenoxy) is 8. The van der Waals surface area contributed by atoms with Gasteiger partial charge in [-0.15, -0.1) is 0 Å². The van der Waals surface area contributed by atoms with Crippen molar-refractivity contribution in [1.29, 1.82) is 0 Å². The Kier molecular flexibility index (Phi) is 37.0. The summed E-state index contributed by atoms with van der Waals surface area (Å²) < 4.78 is 81.5. The van der Waals surface area contributed by atoms with Crippen molar-refractivity contribution >= 4 is 69.9 Å². The van der Waals surface area contributed by atoms with E-state index in [1.165, 1.54) is 24.3 Å². The van der Waals surface area contributed by atoms with Crippen molar-refractivity contribution in [2.24, 2.45) is 11.7 Å². The number of primary amides is 1. The number of alkyl halides is 4. The van der Waals surface area contributed by atoms with Crippen LogP contribution in [0, 0.1) is 5.92 Å². The number of nitrogens with one attached hydrogen (secondary N) is 6. The molecule has 0 heterocycles. The van der Waals surface area contributed by atoms with Crippen molar-refractivity contribution in [3.63, 3.8) is 0 Å². The van der Waals surface area contributed by atoms with Gasteiger partial charge in [-0.3, -0.25) is 24.0 Å².